The zero-order chi connectivity index (χ0) is 15.4. The molecule has 1 aliphatic rings. The number of aromatic nitrogens is 1. The van der Waals surface area contributed by atoms with E-state index in [0.717, 1.165) is 6.42 Å². The Labute approximate surface area is 125 Å². The van der Waals surface area contributed by atoms with E-state index >= 15 is 0 Å². The lowest BCUT2D eigenvalue weighted by Gasteiger charge is -2.22. The van der Waals surface area contributed by atoms with Crippen molar-refractivity contribution in [2.24, 2.45) is 5.92 Å². The summed E-state index contributed by atoms with van der Waals surface area (Å²) in [6.07, 6.45) is 1.36. The van der Waals surface area contributed by atoms with E-state index in [0.29, 0.717) is 50.0 Å². The number of nitrogens with zero attached hydrogens (tertiary/aromatic N) is 3. The first-order chi connectivity index (χ1) is 9.97. The predicted molar refractivity (Wildman–Crippen MR) is 77.8 cm³/mol. The van der Waals surface area contributed by atoms with E-state index in [4.69, 9.17) is 4.52 Å². The molecule has 6 heteroatoms. The minimum absolute atomic E-state index is 0.120. The molecule has 0 saturated carbocycles. The van der Waals surface area contributed by atoms with Crippen molar-refractivity contribution in [3.8, 4) is 0 Å². The molecule has 1 aromatic rings. The standard InChI is InChI=1S/C15H23N3O3/c1-11(2)9-14(19)17-5-4-6-18(8-7-17)15(20)13-10-12(3)21-16-13/h10-11H,4-9H2,1-3H3. The maximum absolute atomic E-state index is 12.3. The largest absolute Gasteiger partial charge is 0.361 e. The normalized spacial score (nSPS) is 16.2. The average molecular weight is 293 g/mol. The van der Waals surface area contributed by atoms with Crippen LogP contribution in [-0.2, 0) is 4.79 Å². The number of hydrogen-bond acceptors (Lipinski definition) is 4. The molecule has 21 heavy (non-hydrogen) atoms. The van der Waals surface area contributed by atoms with Crippen molar-refractivity contribution in [2.45, 2.75) is 33.6 Å². The van der Waals surface area contributed by atoms with Crippen LogP contribution in [0.2, 0.25) is 0 Å². The van der Waals surface area contributed by atoms with Gasteiger partial charge in [0.15, 0.2) is 5.69 Å². The minimum atomic E-state index is -0.120. The predicted octanol–water partition coefficient (Wildman–Crippen LogP) is 1.70. The molecule has 1 saturated heterocycles. The Morgan fingerprint density at radius 1 is 1.24 bits per heavy atom. The van der Waals surface area contributed by atoms with Crippen LogP contribution in [0.1, 0.15) is 42.9 Å². The summed E-state index contributed by atoms with van der Waals surface area (Å²) in [6, 6.07) is 1.65. The van der Waals surface area contributed by atoms with Crippen LogP contribution in [0.25, 0.3) is 0 Å². The summed E-state index contributed by atoms with van der Waals surface area (Å²) in [4.78, 5) is 28.0. The first kappa shape index (κ1) is 15.5. The molecule has 0 atom stereocenters. The third-order valence-corrected chi connectivity index (χ3v) is 3.57. The van der Waals surface area contributed by atoms with Crippen LogP contribution in [0.5, 0.6) is 0 Å². The van der Waals surface area contributed by atoms with Gasteiger partial charge in [0.25, 0.3) is 5.91 Å². The van der Waals surface area contributed by atoms with Gasteiger partial charge in [-0.1, -0.05) is 19.0 Å². The third-order valence-electron chi connectivity index (χ3n) is 3.57. The molecule has 1 aliphatic heterocycles. The van der Waals surface area contributed by atoms with Gasteiger partial charge in [0.2, 0.25) is 5.91 Å². The Morgan fingerprint density at radius 2 is 1.90 bits per heavy atom. The molecule has 0 N–H and O–H groups in total. The molecule has 116 valence electrons. The highest BCUT2D eigenvalue weighted by molar-refractivity contribution is 5.92. The highest BCUT2D eigenvalue weighted by atomic mass is 16.5. The van der Waals surface area contributed by atoms with Gasteiger partial charge in [-0.25, -0.2) is 0 Å². The average Bonchev–Trinajstić information content (AvgIpc) is 2.71. The second-order valence-electron chi connectivity index (χ2n) is 5.95. The molecule has 1 fully saturated rings. The summed E-state index contributed by atoms with van der Waals surface area (Å²) in [5.74, 6) is 1.04. The topological polar surface area (TPSA) is 66.7 Å². The lowest BCUT2D eigenvalue weighted by atomic mass is 10.1. The quantitative estimate of drug-likeness (QED) is 0.851. The monoisotopic (exact) mass is 293 g/mol. The van der Waals surface area contributed by atoms with Crippen molar-refractivity contribution in [1.29, 1.82) is 0 Å². The van der Waals surface area contributed by atoms with Crippen LogP contribution in [0.4, 0.5) is 0 Å². The third kappa shape index (κ3) is 4.06. The molecule has 0 spiro atoms. The number of amides is 2. The molecule has 6 nitrogen and oxygen atoms in total. The summed E-state index contributed by atoms with van der Waals surface area (Å²) in [7, 11) is 0. The Bertz CT molecular complexity index is 510. The molecule has 2 rings (SSSR count). The van der Waals surface area contributed by atoms with Crippen LogP contribution >= 0.6 is 0 Å². The van der Waals surface area contributed by atoms with Crippen molar-refractivity contribution in [3.63, 3.8) is 0 Å². The Morgan fingerprint density at radius 3 is 2.52 bits per heavy atom. The SMILES string of the molecule is Cc1cc(C(=O)N2CCCN(C(=O)CC(C)C)CC2)no1. The Kier molecular flexibility index (Phi) is 4.98. The summed E-state index contributed by atoms with van der Waals surface area (Å²) in [5.41, 5.74) is 0.342. The van der Waals surface area contributed by atoms with E-state index in [2.05, 4.69) is 5.16 Å². The molecule has 2 heterocycles. The Balaban J connectivity index is 1.94. The van der Waals surface area contributed by atoms with Gasteiger partial charge < -0.3 is 14.3 Å². The van der Waals surface area contributed by atoms with E-state index in [-0.39, 0.29) is 11.8 Å². The lowest BCUT2D eigenvalue weighted by molar-refractivity contribution is -0.131. The van der Waals surface area contributed by atoms with Gasteiger partial charge in [0, 0.05) is 38.7 Å². The lowest BCUT2D eigenvalue weighted by Crippen LogP contribution is -2.37. The van der Waals surface area contributed by atoms with Crippen LogP contribution in [-0.4, -0.2) is 52.9 Å². The second-order valence-corrected chi connectivity index (χ2v) is 5.95. The number of hydrogen-bond donors (Lipinski definition) is 0. The number of carbonyl (C=O) groups excluding carboxylic acids is 2. The molecule has 1 aromatic heterocycles. The van der Waals surface area contributed by atoms with Gasteiger partial charge in [-0.05, 0) is 19.3 Å². The first-order valence-electron chi connectivity index (χ1n) is 7.47. The molecule has 0 bridgehead atoms. The van der Waals surface area contributed by atoms with Crippen molar-refractivity contribution in [3.05, 3.63) is 17.5 Å². The zero-order valence-corrected chi connectivity index (χ0v) is 13.0. The first-order valence-corrected chi connectivity index (χ1v) is 7.47. The molecular formula is C15H23N3O3. The zero-order valence-electron chi connectivity index (χ0n) is 13.0. The highest BCUT2D eigenvalue weighted by Crippen LogP contribution is 2.12. The van der Waals surface area contributed by atoms with Gasteiger partial charge in [-0.15, -0.1) is 0 Å². The summed E-state index contributed by atoms with van der Waals surface area (Å²) < 4.78 is 4.95. The number of rotatable bonds is 3. The molecule has 0 unspecified atom stereocenters. The number of aryl methyl sites for hydroxylation is 1. The van der Waals surface area contributed by atoms with Gasteiger partial charge in [0.1, 0.15) is 5.76 Å². The van der Waals surface area contributed by atoms with Gasteiger partial charge in [-0.3, -0.25) is 9.59 Å². The summed E-state index contributed by atoms with van der Waals surface area (Å²) in [5, 5.41) is 3.77. The Hall–Kier alpha value is -1.85. The molecule has 0 radical (unpaired) electrons. The van der Waals surface area contributed by atoms with Gasteiger partial charge >= 0.3 is 0 Å². The van der Waals surface area contributed by atoms with Crippen molar-refractivity contribution in [2.75, 3.05) is 26.2 Å². The van der Waals surface area contributed by atoms with Crippen LogP contribution in [0, 0.1) is 12.8 Å². The van der Waals surface area contributed by atoms with Crippen molar-refractivity contribution in [1.82, 2.24) is 15.0 Å². The van der Waals surface area contributed by atoms with Crippen molar-refractivity contribution < 1.29 is 14.1 Å². The van der Waals surface area contributed by atoms with E-state index in [1.54, 1.807) is 17.9 Å². The molecular weight excluding hydrogens is 270 g/mol. The maximum atomic E-state index is 12.3. The highest BCUT2D eigenvalue weighted by Gasteiger charge is 2.24. The minimum Gasteiger partial charge on any atom is -0.361 e. The molecule has 2 amide bonds. The van der Waals surface area contributed by atoms with Crippen molar-refractivity contribution >= 4 is 11.8 Å². The van der Waals surface area contributed by atoms with E-state index in [1.807, 2.05) is 18.7 Å². The van der Waals surface area contributed by atoms with E-state index in [1.165, 1.54) is 0 Å². The van der Waals surface area contributed by atoms with Gasteiger partial charge in [0.05, 0.1) is 0 Å². The molecule has 0 aliphatic carbocycles. The fourth-order valence-electron chi connectivity index (χ4n) is 2.48. The van der Waals surface area contributed by atoms with E-state index in [9.17, 15) is 9.59 Å². The van der Waals surface area contributed by atoms with E-state index < -0.39 is 0 Å². The molecule has 0 aromatic carbocycles. The summed E-state index contributed by atoms with van der Waals surface area (Å²) in [6.45, 7) is 8.35. The summed E-state index contributed by atoms with van der Waals surface area (Å²) >= 11 is 0. The second kappa shape index (κ2) is 6.74. The maximum Gasteiger partial charge on any atom is 0.276 e. The van der Waals surface area contributed by atoms with Crippen LogP contribution in [0.15, 0.2) is 10.6 Å². The fourth-order valence-corrected chi connectivity index (χ4v) is 2.48. The smallest absolute Gasteiger partial charge is 0.276 e. The van der Waals surface area contributed by atoms with Crippen LogP contribution in [0.3, 0.4) is 0 Å². The fraction of sp³-hybridized carbons (Fsp3) is 0.667. The van der Waals surface area contributed by atoms with Gasteiger partial charge in [-0.2, -0.15) is 0 Å². The van der Waals surface area contributed by atoms with Crippen LogP contribution < -0.4 is 0 Å². The number of carbonyl (C=O) groups is 2.